The van der Waals surface area contributed by atoms with Gasteiger partial charge >= 0.3 is 0 Å². The van der Waals surface area contributed by atoms with Gasteiger partial charge in [-0.05, 0) is 63.3 Å². The van der Waals surface area contributed by atoms with Crippen LogP contribution in [-0.4, -0.2) is 31.3 Å². The molecular weight excluding hydrogens is 316 g/mol. The van der Waals surface area contributed by atoms with E-state index in [1.54, 1.807) is 0 Å². The minimum atomic E-state index is -0.490. The van der Waals surface area contributed by atoms with Gasteiger partial charge in [0.1, 0.15) is 5.75 Å². The first-order chi connectivity index (χ1) is 10.5. The second kappa shape index (κ2) is 9.11. The Morgan fingerprint density at radius 1 is 1.35 bits per heavy atom. The van der Waals surface area contributed by atoms with E-state index in [1.807, 2.05) is 39.0 Å². The number of hydrogen-bond donors (Lipinski definition) is 2. The molecule has 130 valence electrons. The number of carbonyl (C=O) groups is 1. The van der Waals surface area contributed by atoms with Gasteiger partial charge in [0.05, 0.1) is 12.1 Å². The van der Waals surface area contributed by atoms with Crippen molar-refractivity contribution in [1.29, 1.82) is 0 Å². The molecule has 1 heterocycles. The molecule has 2 rings (SSSR count). The van der Waals surface area contributed by atoms with Crippen LogP contribution in [0, 0.1) is 12.8 Å². The normalized spacial score (nSPS) is 16.6. The van der Waals surface area contributed by atoms with E-state index in [4.69, 9.17) is 15.2 Å². The smallest absolute Gasteiger partial charge is 0.241 e. The fraction of sp³-hybridized carbons (Fsp3) is 0.588. The van der Waals surface area contributed by atoms with Crippen LogP contribution in [0.25, 0.3) is 0 Å². The van der Waals surface area contributed by atoms with Crippen molar-refractivity contribution in [3.8, 4) is 5.75 Å². The quantitative estimate of drug-likeness (QED) is 0.862. The molecule has 1 aromatic rings. The number of halogens is 1. The molecule has 1 amide bonds. The molecule has 0 bridgehead atoms. The Labute approximate surface area is 144 Å². The first-order valence-electron chi connectivity index (χ1n) is 7.89. The molecule has 1 aliphatic rings. The van der Waals surface area contributed by atoms with Crippen LogP contribution in [0.4, 0.5) is 5.69 Å². The maximum absolute atomic E-state index is 12.3. The van der Waals surface area contributed by atoms with Crippen LogP contribution >= 0.6 is 12.4 Å². The molecule has 3 N–H and O–H groups in total. The molecule has 0 radical (unpaired) electrons. The number of ether oxygens (including phenoxy) is 2. The highest BCUT2D eigenvalue weighted by Gasteiger charge is 2.26. The summed E-state index contributed by atoms with van der Waals surface area (Å²) < 4.78 is 11.0. The summed E-state index contributed by atoms with van der Waals surface area (Å²) in [5.41, 5.74) is 7.82. The number of amides is 1. The Bertz CT molecular complexity index is 517. The van der Waals surface area contributed by atoms with Crippen molar-refractivity contribution in [3.63, 3.8) is 0 Å². The first kappa shape index (κ1) is 19.7. The molecule has 0 aliphatic carbocycles. The Morgan fingerprint density at radius 3 is 2.57 bits per heavy atom. The molecule has 0 spiro atoms. The van der Waals surface area contributed by atoms with Crippen LogP contribution in [-0.2, 0) is 9.53 Å². The van der Waals surface area contributed by atoms with Gasteiger partial charge in [0.15, 0.2) is 0 Å². The lowest BCUT2D eigenvalue weighted by Gasteiger charge is -2.26. The van der Waals surface area contributed by atoms with Gasteiger partial charge in [-0.15, -0.1) is 12.4 Å². The van der Waals surface area contributed by atoms with Gasteiger partial charge in [-0.3, -0.25) is 4.79 Å². The minimum Gasteiger partial charge on any atom is -0.491 e. The third-order valence-electron chi connectivity index (χ3n) is 3.88. The zero-order valence-corrected chi connectivity index (χ0v) is 14.8. The summed E-state index contributed by atoms with van der Waals surface area (Å²) in [7, 11) is 0. The van der Waals surface area contributed by atoms with Crippen molar-refractivity contribution in [1.82, 2.24) is 0 Å². The number of nitrogens with one attached hydrogen (secondary N) is 1. The van der Waals surface area contributed by atoms with Crippen LogP contribution in [0.3, 0.4) is 0 Å². The van der Waals surface area contributed by atoms with Crippen molar-refractivity contribution in [2.24, 2.45) is 11.7 Å². The number of carbonyl (C=O) groups excluding carboxylic acids is 1. The van der Waals surface area contributed by atoms with E-state index in [2.05, 4.69) is 5.32 Å². The molecule has 1 fully saturated rings. The second-order valence-electron chi connectivity index (χ2n) is 6.11. The van der Waals surface area contributed by atoms with Gasteiger partial charge in [0.2, 0.25) is 5.91 Å². The lowest BCUT2D eigenvalue weighted by molar-refractivity contribution is -0.119. The van der Waals surface area contributed by atoms with E-state index in [0.717, 1.165) is 29.8 Å². The van der Waals surface area contributed by atoms with E-state index >= 15 is 0 Å². The van der Waals surface area contributed by atoms with Gasteiger partial charge in [0.25, 0.3) is 0 Å². The SMILES string of the molecule is Cc1cc(NC(=O)C(N)C2CCOCC2)ccc1OC(C)C.Cl. The highest BCUT2D eigenvalue weighted by molar-refractivity contribution is 5.95. The van der Waals surface area contributed by atoms with E-state index in [1.165, 1.54) is 0 Å². The van der Waals surface area contributed by atoms with E-state index in [-0.39, 0.29) is 30.3 Å². The summed E-state index contributed by atoms with van der Waals surface area (Å²) in [4.78, 5) is 12.3. The molecule has 1 saturated heterocycles. The summed E-state index contributed by atoms with van der Waals surface area (Å²) >= 11 is 0. The molecule has 1 aromatic carbocycles. The summed E-state index contributed by atoms with van der Waals surface area (Å²) in [5, 5.41) is 2.90. The summed E-state index contributed by atoms with van der Waals surface area (Å²) in [6.45, 7) is 7.31. The third kappa shape index (κ3) is 5.68. The number of aryl methyl sites for hydroxylation is 1. The average Bonchev–Trinajstić information content (AvgIpc) is 2.49. The van der Waals surface area contributed by atoms with Gasteiger partial charge < -0.3 is 20.5 Å². The number of rotatable bonds is 5. The Morgan fingerprint density at radius 2 is 2.00 bits per heavy atom. The second-order valence-corrected chi connectivity index (χ2v) is 6.11. The predicted molar refractivity (Wildman–Crippen MR) is 94.3 cm³/mol. The number of nitrogens with two attached hydrogens (primary N) is 1. The van der Waals surface area contributed by atoms with Crippen molar-refractivity contribution in [2.75, 3.05) is 18.5 Å². The van der Waals surface area contributed by atoms with Crippen molar-refractivity contribution >= 4 is 24.0 Å². The van der Waals surface area contributed by atoms with Crippen LogP contribution < -0.4 is 15.8 Å². The summed E-state index contributed by atoms with van der Waals surface area (Å²) in [5.74, 6) is 0.893. The molecular formula is C17H27ClN2O3. The predicted octanol–water partition coefficient (Wildman–Crippen LogP) is 2.90. The van der Waals surface area contributed by atoms with Crippen LogP contribution in [0.1, 0.15) is 32.3 Å². The Balaban J connectivity index is 0.00000264. The van der Waals surface area contributed by atoms with Crippen molar-refractivity contribution < 1.29 is 14.3 Å². The standard InChI is InChI=1S/C17H26N2O3.ClH/c1-11(2)22-15-5-4-14(10-12(15)3)19-17(20)16(18)13-6-8-21-9-7-13;/h4-5,10-11,13,16H,6-9,18H2,1-3H3,(H,19,20);1H. The Hall–Kier alpha value is -1.30. The van der Waals surface area contributed by atoms with Crippen molar-refractivity contribution in [3.05, 3.63) is 23.8 Å². The van der Waals surface area contributed by atoms with Gasteiger partial charge in [0, 0.05) is 18.9 Å². The lowest BCUT2D eigenvalue weighted by Crippen LogP contribution is -2.44. The topological polar surface area (TPSA) is 73.6 Å². The summed E-state index contributed by atoms with van der Waals surface area (Å²) in [6, 6.07) is 5.15. The van der Waals surface area contributed by atoms with Crippen LogP contribution in [0.5, 0.6) is 5.75 Å². The van der Waals surface area contributed by atoms with Crippen LogP contribution in [0.2, 0.25) is 0 Å². The summed E-state index contributed by atoms with van der Waals surface area (Å²) in [6.07, 6.45) is 1.81. The monoisotopic (exact) mass is 342 g/mol. The molecule has 1 unspecified atom stereocenters. The zero-order valence-electron chi connectivity index (χ0n) is 14.0. The van der Waals surface area contributed by atoms with Gasteiger partial charge in [-0.1, -0.05) is 0 Å². The van der Waals surface area contributed by atoms with Crippen LogP contribution in [0.15, 0.2) is 18.2 Å². The maximum Gasteiger partial charge on any atom is 0.241 e. The molecule has 5 nitrogen and oxygen atoms in total. The molecule has 0 saturated carbocycles. The highest BCUT2D eigenvalue weighted by Crippen LogP contribution is 2.24. The third-order valence-corrected chi connectivity index (χ3v) is 3.88. The van der Waals surface area contributed by atoms with Gasteiger partial charge in [-0.25, -0.2) is 0 Å². The van der Waals surface area contributed by atoms with E-state index in [0.29, 0.717) is 13.2 Å². The average molecular weight is 343 g/mol. The Kier molecular flexibility index (Phi) is 7.82. The molecule has 1 aliphatic heterocycles. The van der Waals surface area contributed by atoms with Crippen molar-refractivity contribution in [2.45, 2.75) is 45.8 Å². The largest absolute Gasteiger partial charge is 0.491 e. The molecule has 6 heteroatoms. The molecule has 23 heavy (non-hydrogen) atoms. The minimum absolute atomic E-state index is 0. The van der Waals surface area contributed by atoms with Gasteiger partial charge in [-0.2, -0.15) is 0 Å². The lowest BCUT2D eigenvalue weighted by atomic mass is 9.92. The number of hydrogen-bond acceptors (Lipinski definition) is 4. The zero-order chi connectivity index (χ0) is 16.1. The first-order valence-corrected chi connectivity index (χ1v) is 7.89. The number of anilines is 1. The fourth-order valence-corrected chi connectivity index (χ4v) is 2.63. The highest BCUT2D eigenvalue weighted by atomic mass is 35.5. The van der Waals surface area contributed by atoms with E-state index in [9.17, 15) is 4.79 Å². The molecule has 0 aromatic heterocycles. The fourth-order valence-electron chi connectivity index (χ4n) is 2.63. The molecule has 1 atom stereocenters. The number of benzene rings is 1. The maximum atomic E-state index is 12.3. The van der Waals surface area contributed by atoms with E-state index < -0.39 is 6.04 Å².